The Morgan fingerprint density at radius 1 is 1.08 bits per heavy atom. The van der Waals surface area contributed by atoms with Crippen LogP contribution < -0.4 is 0 Å². The fourth-order valence-electron chi connectivity index (χ4n) is 3.62. The SMILES string of the molecule is Cn1cnnc1CC1(O)CCCN(Cc2nncn2-c2ccccc2)C1. The molecule has 1 fully saturated rings. The van der Waals surface area contributed by atoms with Crippen molar-refractivity contribution in [2.45, 2.75) is 31.4 Å². The molecule has 8 nitrogen and oxygen atoms in total. The van der Waals surface area contributed by atoms with Crippen LogP contribution in [-0.2, 0) is 20.0 Å². The first kappa shape index (κ1) is 16.9. The molecular formula is C18H23N7O. The highest BCUT2D eigenvalue weighted by Gasteiger charge is 2.35. The number of aromatic nitrogens is 6. The number of aryl methyl sites for hydroxylation is 1. The molecule has 1 atom stereocenters. The normalized spacial score (nSPS) is 21.2. The number of piperidine rings is 1. The minimum Gasteiger partial charge on any atom is -0.388 e. The lowest BCUT2D eigenvalue weighted by Gasteiger charge is -2.38. The maximum atomic E-state index is 11.1. The van der Waals surface area contributed by atoms with Crippen LogP contribution in [0.25, 0.3) is 5.69 Å². The number of aliphatic hydroxyl groups is 1. The predicted molar refractivity (Wildman–Crippen MR) is 95.5 cm³/mol. The molecule has 3 aromatic rings. The Kier molecular flexibility index (Phi) is 4.52. The van der Waals surface area contributed by atoms with Crippen molar-refractivity contribution in [1.29, 1.82) is 0 Å². The van der Waals surface area contributed by atoms with Crippen molar-refractivity contribution in [1.82, 2.24) is 34.4 Å². The van der Waals surface area contributed by atoms with Gasteiger partial charge in [0.2, 0.25) is 0 Å². The molecule has 0 saturated carbocycles. The van der Waals surface area contributed by atoms with Gasteiger partial charge in [-0.05, 0) is 31.5 Å². The number of para-hydroxylation sites is 1. The van der Waals surface area contributed by atoms with Crippen LogP contribution in [0.1, 0.15) is 24.5 Å². The van der Waals surface area contributed by atoms with E-state index in [4.69, 9.17) is 0 Å². The standard InChI is InChI=1S/C18H23N7O/c1-23-13-19-21-16(23)10-18(26)8-5-9-24(12-18)11-17-22-20-14-25(17)15-6-3-2-4-7-15/h2-4,6-7,13-14,26H,5,8-12H2,1H3. The fourth-order valence-corrected chi connectivity index (χ4v) is 3.62. The molecular weight excluding hydrogens is 330 g/mol. The monoisotopic (exact) mass is 353 g/mol. The topological polar surface area (TPSA) is 84.9 Å². The van der Waals surface area contributed by atoms with E-state index in [1.165, 1.54) is 0 Å². The summed E-state index contributed by atoms with van der Waals surface area (Å²) in [5, 5.41) is 27.5. The summed E-state index contributed by atoms with van der Waals surface area (Å²) in [7, 11) is 1.90. The van der Waals surface area contributed by atoms with Gasteiger partial charge in [0.05, 0.1) is 12.1 Å². The maximum Gasteiger partial charge on any atom is 0.151 e. The van der Waals surface area contributed by atoms with Crippen molar-refractivity contribution in [2.75, 3.05) is 13.1 Å². The minimum atomic E-state index is -0.795. The molecule has 0 spiro atoms. The van der Waals surface area contributed by atoms with Crippen molar-refractivity contribution in [3.63, 3.8) is 0 Å². The number of β-amino-alcohol motifs (C(OH)–C–C–N with tert-alkyl or cyclic N) is 1. The summed E-state index contributed by atoms with van der Waals surface area (Å²) in [5.74, 6) is 1.68. The second-order valence-electron chi connectivity index (χ2n) is 7.03. The second-order valence-corrected chi connectivity index (χ2v) is 7.03. The van der Waals surface area contributed by atoms with E-state index in [-0.39, 0.29) is 0 Å². The second kappa shape index (κ2) is 6.97. The molecule has 1 aliphatic rings. The highest BCUT2D eigenvalue weighted by Crippen LogP contribution is 2.25. The smallest absolute Gasteiger partial charge is 0.151 e. The molecule has 0 aliphatic carbocycles. The first-order valence-corrected chi connectivity index (χ1v) is 8.85. The number of hydrogen-bond acceptors (Lipinski definition) is 6. The number of hydrogen-bond donors (Lipinski definition) is 1. The number of nitrogens with zero attached hydrogens (tertiary/aromatic N) is 7. The van der Waals surface area contributed by atoms with Crippen LogP contribution in [-0.4, -0.2) is 58.2 Å². The Morgan fingerprint density at radius 2 is 1.85 bits per heavy atom. The molecule has 2 aromatic heterocycles. The molecule has 1 aliphatic heterocycles. The van der Waals surface area contributed by atoms with Crippen LogP contribution >= 0.6 is 0 Å². The van der Waals surface area contributed by atoms with E-state index in [1.54, 1.807) is 12.7 Å². The zero-order valence-corrected chi connectivity index (χ0v) is 14.9. The average Bonchev–Trinajstić information content (AvgIpc) is 3.25. The van der Waals surface area contributed by atoms with E-state index in [1.807, 2.05) is 46.5 Å². The number of benzene rings is 1. The third-order valence-corrected chi connectivity index (χ3v) is 4.94. The number of rotatable bonds is 5. The van der Waals surface area contributed by atoms with Crippen molar-refractivity contribution < 1.29 is 5.11 Å². The molecule has 1 aromatic carbocycles. The summed E-state index contributed by atoms with van der Waals surface area (Å²) in [6, 6.07) is 10.1. The van der Waals surface area contributed by atoms with Crippen molar-refractivity contribution in [2.24, 2.45) is 7.05 Å². The van der Waals surface area contributed by atoms with E-state index >= 15 is 0 Å². The first-order valence-electron chi connectivity index (χ1n) is 8.85. The highest BCUT2D eigenvalue weighted by molar-refractivity contribution is 5.31. The third kappa shape index (κ3) is 3.51. The Labute approximate surface area is 152 Å². The van der Waals surface area contributed by atoms with Crippen molar-refractivity contribution in [3.05, 3.63) is 54.6 Å². The van der Waals surface area contributed by atoms with Gasteiger partial charge >= 0.3 is 0 Å². The molecule has 0 radical (unpaired) electrons. The summed E-state index contributed by atoms with van der Waals surface area (Å²) < 4.78 is 3.86. The Hall–Kier alpha value is -2.58. The van der Waals surface area contributed by atoms with Crippen LogP contribution in [0.2, 0.25) is 0 Å². The zero-order chi connectivity index (χ0) is 18.0. The van der Waals surface area contributed by atoms with Gasteiger partial charge in [0.15, 0.2) is 5.82 Å². The van der Waals surface area contributed by atoms with Crippen LogP contribution in [0.5, 0.6) is 0 Å². The zero-order valence-electron chi connectivity index (χ0n) is 14.9. The number of likely N-dealkylation sites (tertiary alicyclic amines) is 1. The van der Waals surface area contributed by atoms with E-state index in [2.05, 4.69) is 25.3 Å². The molecule has 1 unspecified atom stereocenters. The van der Waals surface area contributed by atoms with Gasteiger partial charge in [-0.1, -0.05) is 18.2 Å². The summed E-state index contributed by atoms with van der Waals surface area (Å²) >= 11 is 0. The Morgan fingerprint density at radius 3 is 2.62 bits per heavy atom. The summed E-state index contributed by atoms with van der Waals surface area (Å²) in [6.07, 6.45) is 5.61. The van der Waals surface area contributed by atoms with E-state index in [0.717, 1.165) is 36.7 Å². The molecule has 3 heterocycles. The molecule has 1 saturated heterocycles. The molecule has 136 valence electrons. The Balaban J connectivity index is 1.48. The lowest BCUT2D eigenvalue weighted by atomic mass is 9.89. The van der Waals surface area contributed by atoms with E-state index < -0.39 is 5.60 Å². The molecule has 0 bridgehead atoms. The van der Waals surface area contributed by atoms with Gasteiger partial charge < -0.3 is 9.67 Å². The van der Waals surface area contributed by atoms with Crippen LogP contribution in [0.15, 0.2) is 43.0 Å². The Bertz CT molecular complexity index is 859. The molecule has 26 heavy (non-hydrogen) atoms. The van der Waals surface area contributed by atoms with E-state index in [0.29, 0.717) is 19.5 Å². The molecule has 4 rings (SSSR count). The highest BCUT2D eigenvalue weighted by atomic mass is 16.3. The lowest BCUT2D eigenvalue weighted by Crippen LogP contribution is -2.49. The fraction of sp³-hybridized carbons (Fsp3) is 0.444. The van der Waals surface area contributed by atoms with Gasteiger partial charge in [-0.15, -0.1) is 20.4 Å². The summed E-state index contributed by atoms with van der Waals surface area (Å²) in [6.45, 7) is 2.17. The van der Waals surface area contributed by atoms with Gasteiger partial charge in [0, 0.05) is 25.7 Å². The predicted octanol–water partition coefficient (Wildman–Crippen LogP) is 0.965. The third-order valence-electron chi connectivity index (χ3n) is 4.94. The quantitative estimate of drug-likeness (QED) is 0.736. The van der Waals surface area contributed by atoms with Crippen LogP contribution in [0.4, 0.5) is 0 Å². The average molecular weight is 353 g/mol. The molecule has 8 heteroatoms. The summed E-state index contributed by atoms with van der Waals surface area (Å²) in [5.41, 5.74) is 0.246. The van der Waals surface area contributed by atoms with Crippen molar-refractivity contribution >= 4 is 0 Å². The van der Waals surface area contributed by atoms with Gasteiger partial charge in [-0.3, -0.25) is 9.47 Å². The molecule has 1 N–H and O–H groups in total. The van der Waals surface area contributed by atoms with Gasteiger partial charge in [0.1, 0.15) is 18.5 Å². The van der Waals surface area contributed by atoms with Crippen molar-refractivity contribution in [3.8, 4) is 5.69 Å². The van der Waals surface area contributed by atoms with Gasteiger partial charge in [-0.25, -0.2) is 0 Å². The first-order chi connectivity index (χ1) is 12.6. The molecule has 0 amide bonds. The van der Waals surface area contributed by atoms with Crippen LogP contribution in [0, 0.1) is 0 Å². The minimum absolute atomic E-state index is 0.505. The van der Waals surface area contributed by atoms with Crippen LogP contribution in [0.3, 0.4) is 0 Å². The van der Waals surface area contributed by atoms with Gasteiger partial charge in [0.25, 0.3) is 0 Å². The maximum absolute atomic E-state index is 11.1. The van der Waals surface area contributed by atoms with E-state index in [9.17, 15) is 5.11 Å². The van der Waals surface area contributed by atoms with Gasteiger partial charge in [-0.2, -0.15) is 0 Å². The summed E-state index contributed by atoms with van der Waals surface area (Å²) in [4.78, 5) is 2.24. The lowest BCUT2D eigenvalue weighted by molar-refractivity contribution is -0.0352. The largest absolute Gasteiger partial charge is 0.388 e.